The number of hydrogen-bond donors (Lipinski definition) is 1. The molecule has 3 heterocycles. The SMILES string of the molecule is O=S(=O)(c1cccnc1)N1CCOC[C@H](Cc2ccc3[nH]ncc3c2)C1. The molecule has 0 spiro atoms. The normalized spacial score (nSPS) is 19.5. The Morgan fingerprint density at radius 1 is 1.27 bits per heavy atom. The predicted molar refractivity (Wildman–Crippen MR) is 97.1 cm³/mol. The minimum absolute atomic E-state index is 0.0910. The van der Waals surface area contributed by atoms with E-state index in [0.29, 0.717) is 26.3 Å². The van der Waals surface area contributed by atoms with Crippen molar-refractivity contribution in [3.63, 3.8) is 0 Å². The fourth-order valence-corrected chi connectivity index (χ4v) is 4.76. The van der Waals surface area contributed by atoms with Gasteiger partial charge in [0.1, 0.15) is 4.90 Å². The van der Waals surface area contributed by atoms with E-state index in [4.69, 9.17) is 4.74 Å². The lowest BCUT2D eigenvalue weighted by Crippen LogP contribution is -2.36. The molecule has 1 aliphatic rings. The number of benzene rings is 1. The molecule has 1 aliphatic heterocycles. The quantitative estimate of drug-likeness (QED) is 0.755. The molecule has 0 amide bonds. The molecule has 7 nitrogen and oxygen atoms in total. The summed E-state index contributed by atoms with van der Waals surface area (Å²) in [5.74, 6) is 0.0910. The van der Waals surface area contributed by atoms with Crippen LogP contribution < -0.4 is 0 Å². The van der Waals surface area contributed by atoms with Crippen LogP contribution in [0.25, 0.3) is 10.9 Å². The van der Waals surface area contributed by atoms with E-state index in [0.717, 1.165) is 22.9 Å². The van der Waals surface area contributed by atoms with E-state index in [1.807, 2.05) is 12.1 Å². The summed E-state index contributed by atoms with van der Waals surface area (Å²) >= 11 is 0. The highest BCUT2D eigenvalue weighted by Crippen LogP contribution is 2.22. The molecule has 26 heavy (non-hydrogen) atoms. The van der Waals surface area contributed by atoms with E-state index in [9.17, 15) is 8.42 Å². The number of aromatic amines is 1. The number of sulfonamides is 1. The van der Waals surface area contributed by atoms with Gasteiger partial charge in [-0.1, -0.05) is 6.07 Å². The van der Waals surface area contributed by atoms with Crippen molar-refractivity contribution in [2.45, 2.75) is 11.3 Å². The fourth-order valence-electron chi connectivity index (χ4n) is 3.29. The molecule has 3 aromatic rings. The number of ether oxygens (including phenoxy) is 1. The summed E-state index contributed by atoms with van der Waals surface area (Å²) in [7, 11) is -3.56. The minimum atomic E-state index is -3.56. The first-order valence-electron chi connectivity index (χ1n) is 8.53. The van der Waals surface area contributed by atoms with Gasteiger partial charge in [0.05, 0.1) is 24.9 Å². The van der Waals surface area contributed by atoms with E-state index >= 15 is 0 Å². The summed E-state index contributed by atoms with van der Waals surface area (Å²) in [5.41, 5.74) is 2.14. The number of aromatic nitrogens is 3. The number of H-pyrrole nitrogens is 1. The summed E-state index contributed by atoms with van der Waals surface area (Å²) in [4.78, 5) is 4.16. The average molecular weight is 372 g/mol. The highest BCUT2D eigenvalue weighted by molar-refractivity contribution is 7.89. The van der Waals surface area contributed by atoms with Gasteiger partial charge in [-0.2, -0.15) is 9.40 Å². The van der Waals surface area contributed by atoms with Crippen molar-refractivity contribution in [2.24, 2.45) is 5.92 Å². The third-order valence-corrected chi connectivity index (χ3v) is 6.45. The lowest BCUT2D eigenvalue weighted by Gasteiger charge is -2.23. The van der Waals surface area contributed by atoms with Gasteiger partial charge in [0, 0.05) is 36.8 Å². The van der Waals surface area contributed by atoms with Crippen molar-refractivity contribution in [3.8, 4) is 0 Å². The molecule has 1 N–H and O–H groups in total. The van der Waals surface area contributed by atoms with E-state index in [1.54, 1.807) is 24.5 Å². The molecule has 0 radical (unpaired) electrons. The van der Waals surface area contributed by atoms with Gasteiger partial charge >= 0.3 is 0 Å². The Hall–Kier alpha value is -2.29. The highest BCUT2D eigenvalue weighted by Gasteiger charge is 2.29. The third-order valence-electron chi connectivity index (χ3n) is 4.60. The number of rotatable bonds is 4. The topological polar surface area (TPSA) is 88.2 Å². The first-order chi connectivity index (χ1) is 12.6. The first-order valence-corrected chi connectivity index (χ1v) is 9.97. The minimum Gasteiger partial charge on any atom is -0.380 e. The lowest BCUT2D eigenvalue weighted by atomic mass is 9.99. The molecule has 0 unspecified atom stereocenters. The number of nitrogens with zero attached hydrogens (tertiary/aromatic N) is 3. The second-order valence-electron chi connectivity index (χ2n) is 6.49. The molecule has 1 fully saturated rings. The van der Waals surface area contributed by atoms with E-state index in [2.05, 4.69) is 21.2 Å². The van der Waals surface area contributed by atoms with Crippen molar-refractivity contribution >= 4 is 20.9 Å². The zero-order chi connectivity index (χ0) is 18.0. The van der Waals surface area contributed by atoms with Crippen LogP contribution in [0.4, 0.5) is 0 Å². The van der Waals surface area contributed by atoms with E-state index in [1.165, 1.54) is 10.5 Å². The molecule has 1 aromatic carbocycles. The Balaban J connectivity index is 1.54. The molecular weight excluding hydrogens is 352 g/mol. The van der Waals surface area contributed by atoms with E-state index < -0.39 is 10.0 Å². The van der Waals surface area contributed by atoms with Gasteiger partial charge < -0.3 is 4.74 Å². The Bertz CT molecular complexity index is 988. The van der Waals surface area contributed by atoms with Crippen molar-refractivity contribution < 1.29 is 13.2 Å². The molecule has 1 atom stereocenters. The zero-order valence-corrected chi connectivity index (χ0v) is 15.0. The zero-order valence-electron chi connectivity index (χ0n) is 14.2. The molecule has 1 saturated heterocycles. The van der Waals surface area contributed by atoms with Gasteiger partial charge in [-0.05, 0) is 36.2 Å². The summed E-state index contributed by atoms with van der Waals surface area (Å²) < 4.78 is 33.0. The van der Waals surface area contributed by atoms with Gasteiger partial charge in [0.2, 0.25) is 10.0 Å². The first kappa shape index (κ1) is 17.1. The van der Waals surface area contributed by atoms with Crippen LogP contribution in [0.15, 0.2) is 53.8 Å². The van der Waals surface area contributed by atoms with Crippen LogP contribution in [-0.2, 0) is 21.2 Å². The van der Waals surface area contributed by atoms with Crippen molar-refractivity contribution in [3.05, 3.63) is 54.5 Å². The largest absolute Gasteiger partial charge is 0.380 e. The molecule has 0 saturated carbocycles. The van der Waals surface area contributed by atoms with Gasteiger partial charge in [0.25, 0.3) is 0 Å². The number of fused-ring (bicyclic) bond motifs is 1. The Labute approximate surface area is 152 Å². The standard InChI is InChI=1S/C18H20N4O3S/c23-26(24,17-2-1-5-19-11-17)22-6-7-25-13-15(12-22)8-14-3-4-18-16(9-14)10-20-21-18/h1-5,9-11,15H,6-8,12-13H2,(H,20,21)/t15-/m1/s1. The molecule has 0 aliphatic carbocycles. The lowest BCUT2D eigenvalue weighted by molar-refractivity contribution is 0.123. The van der Waals surface area contributed by atoms with Gasteiger partial charge in [-0.25, -0.2) is 8.42 Å². The molecule has 0 bridgehead atoms. The highest BCUT2D eigenvalue weighted by atomic mass is 32.2. The smallest absolute Gasteiger partial charge is 0.244 e. The Morgan fingerprint density at radius 3 is 3.04 bits per heavy atom. The predicted octanol–water partition coefficient (Wildman–Crippen LogP) is 1.84. The second kappa shape index (κ2) is 7.14. The maximum atomic E-state index is 12.9. The summed E-state index contributed by atoms with van der Waals surface area (Å²) in [6.07, 6.45) is 5.50. The maximum absolute atomic E-state index is 12.9. The Kier molecular flexibility index (Phi) is 4.71. The molecule has 8 heteroatoms. The molecule has 4 rings (SSSR count). The van der Waals surface area contributed by atoms with Crippen LogP contribution in [0, 0.1) is 5.92 Å². The van der Waals surface area contributed by atoms with Crippen LogP contribution in [-0.4, -0.2) is 54.2 Å². The van der Waals surface area contributed by atoms with Crippen LogP contribution >= 0.6 is 0 Å². The van der Waals surface area contributed by atoms with Crippen molar-refractivity contribution in [1.29, 1.82) is 0 Å². The molecule has 136 valence electrons. The van der Waals surface area contributed by atoms with Crippen molar-refractivity contribution in [2.75, 3.05) is 26.3 Å². The van der Waals surface area contributed by atoms with Crippen LogP contribution in [0.5, 0.6) is 0 Å². The van der Waals surface area contributed by atoms with Crippen molar-refractivity contribution in [1.82, 2.24) is 19.5 Å². The Morgan fingerprint density at radius 2 is 2.19 bits per heavy atom. The summed E-state index contributed by atoms with van der Waals surface area (Å²) in [6.45, 7) is 1.73. The summed E-state index contributed by atoms with van der Waals surface area (Å²) in [6, 6.07) is 9.35. The van der Waals surface area contributed by atoms with E-state index in [-0.39, 0.29) is 10.8 Å². The van der Waals surface area contributed by atoms with Gasteiger partial charge in [-0.15, -0.1) is 0 Å². The second-order valence-corrected chi connectivity index (χ2v) is 8.43. The third kappa shape index (κ3) is 3.48. The monoisotopic (exact) mass is 372 g/mol. The van der Waals surface area contributed by atoms with Crippen LogP contribution in [0.1, 0.15) is 5.56 Å². The van der Waals surface area contributed by atoms with Gasteiger partial charge in [0.15, 0.2) is 0 Å². The average Bonchev–Trinajstić information content (AvgIpc) is 2.99. The van der Waals surface area contributed by atoms with Crippen LogP contribution in [0.3, 0.4) is 0 Å². The van der Waals surface area contributed by atoms with Crippen LogP contribution in [0.2, 0.25) is 0 Å². The summed E-state index contributed by atoms with van der Waals surface area (Å²) in [5, 5.41) is 8.03. The number of pyridine rings is 1. The number of hydrogen-bond acceptors (Lipinski definition) is 5. The van der Waals surface area contributed by atoms with Gasteiger partial charge in [-0.3, -0.25) is 10.1 Å². The molecular formula is C18H20N4O3S. The maximum Gasteiger partial charge on any atom is 0.244 e. The molecule has 2 aromatic heterocycles. The fraction of sp³-hybridized carbons (Fsp3) is 0.333. The number of nitrogens with one attached hydrogen (secondary N) is 1.